The molecule has 1 spiro atoms. The van der Waals surface area contributed by atoms with Crippen LogP contribution in [-0.2, 0) is 6.54 Å². The van der Waals surface area contributed by atoms with Crippen LogP contribution in [0.15, 0.2) is 29.3 Å². The summed E-state index contributed by atoms with van der Waals surface area (Å²) in [7, 11) is 0. The van der Waals surface area contributed by atoms with E-state index in [9.17, 15) is 0 Å². The molecule has 0 unspecified atom stereocenters. The van der Waals surface area contributed by atoms with Crippen LogP contribution in [0.4, 0.5) is 0 Å². The molecule has 1 fully saturated rings. The van der Waals surface area contributed by atoms with Gasteiger partial charge in [0.05, 0.1) is 12.1 Å². The fourth-order valence-electron chi connectivity index (χ4n) is 3.84. The summed E-state index contributed by atoms with van der Waals surface area (Å²) >= 11 is 0. The molecular weight excluding hydrogens is 258 g/mol. The number of hydrogen-bond acceptors (Lipinski definition) is 3. The molecule has 0 amide bonds. The smallest absolute Gasteiger partial charge is 0.117 e. The van der Waals surface area contributed by atoms with E-state index in [4.69, 9.17) is 4.99 Å². The van der Waals surface area contributed by atoms with Crippen molar-refractivity contribution in [2.24, 2.45) is 10.9 Å². The Balaban J connectivity index is 1.73. The van der Waals surface area contributed by atoms with E-state index in [0.29, 0.717) is 0 Å². The van der Waals surface area contributed by atoms with E-state index in [-0.39, 0.29) is 5.54 Å². The first-order valence-electron chi connectivity index (χ1n) is 8.28. The van der Waals surface area contributed by atoms with Crippen molar-refractivity contribution >= 4 is 5.84 Å². The first kappa shape index (κ1) is 14.6. The minimum atomic E-state index is 0.110. The minimum absolute atomic E-state index is 0.110. The molecule has 2 N–H and O–H groups in total. The molecule has 2 aliphatic rings. The fraction of sp³-hybridized carbons (Fsp3) is 0.611. The molecule has 114 valence electrons. The first-order valence-corrected chi connectivity index (χ1v) is 8.28. The number of benzene rings is 1. The fourth-order valence-corrected chi connectivity index (χ4v) is 3.84. The Bertz CT molecular complexity index is 523. The molecular formula is C18H27N3. The lowest BCUT2D eigenvalue weighted by Gasteiger charge is -2.44. The second-order valence-electron chi connectivity index (χ2n) is 6.72. The van der Waals surface area contributed by atoms with E-state index in [1.807, 2.05) is 0 Å². The van der Waals surface area contributed by atoms with Crippen LogP contribution in [0.1, 0.15) is 43.7 Å². The third kappa shape index (κ3) is 3.13. The summed E-state index contributed by atoms with van der Waals surface area (Å²) in [6.07, 6.45) is 5.09. The lowest BCUT2D eigenvalue weighted by Crippen LogP contribution is -2.61. The third-order valence-corrected chi connectivity index (χ3v) is 5.00. The van der Waals surface area contributed by atoms with Crippen molar-refractivity contribution < 1.29 is 0 Å². The second-order valence-corrected chi connectivity index (χ2v) is 6.72. The Labute approximate surface area is 128 Å². The predicted octanol–water partition coefficient (Wildman–Crippen LogP) is 3.04. The van der Waals surface area contributed by atoms with Crippen LogP contribution in [0.2, 0.25) is 0 Å². The molecule has 3 heteroatoms. The molecule has 3 rings (SSSR count). The Hall–Kier alpha value is -1.35. The molecule has 21 heavy (non-hydrogen) atoms. The van der Waals surface area contributed by atoms with Crippen LogP contribution in [0.25, 0.3) is 0 Å². The van der Waals surface area contributed by atoms with Crippen LogP contribution in [-0.4, -0.2) is 24.5 Å². The van der Waals surface area contributed by atoms with Gasteiger partial charge >= 0.3 is 0 Å². The summed E-state index contributed by atoms with van der Waals surface area (Å²) < 4.78 is 0. The molecule has 1 aliphatic carbocycles. The van der Waals surface area contributed by atoms with Gasteiger partial charge < -0.3 is 10.6 Å². The van der Waals surface area contributed by atoms with Crippen LogP contribution >= 0.6 is 0 Å². The van der Waals surface area contributed by atoms with E-state index < -0.39 is 0 Å². The van der Waals surface area contributed by atoms with Crippen molar-refractivity contribution in [1.29, 1.82) is 0 Å². The molecule has 1 saturated carbocycles. The van der Waals surface area contributed by atoms with Crippen LogP contribution in [0.3, 0.4) is 0 Å². The van der Waals surface area contributed by atoms with E-state index >= 15 is 0 Å². The largest absolute Gasteiger partial charge is 0.368 e. The SMILES string of the molecule is Cc1ccccc1CNC1=NCCN[C@@]12CCC[C@@H](C)C2. The third-order valence-electron chi connectivity index (χ3n) is 5.00. The van der Waals surface area contributed by atoms with E-state index in [1.165, 1.54) is 42.6 Å². The summed E-state index contributed by atoms with van der Waals surface area (Å²) in [5.41, 5.74) is 2.82. The van der Waals surface area contributed by atoms with Gasteiger partial charge in [0.1, 0.15) is 5.84 Å². The quantitative estimate of drug-likeness (QED) is 0.876. The van der Waals surface area contributed by atoms with Gasteiger partial charge in [-0.25, -0.2) is 0 Å². The molecule has 0 saturated heterocycles. The number of aliphatic imine (C=N–C) groups is 1. The number of nitrogens with one attached hydrogen (secondary N) is 2. The lowest BCUT2D eigenvalue weighted by molar-refractivity contribution is 0.243. The number of rotatable bonds is 2. The van der Waals surface area contributed by atoms with Gasteiger partial charge in [-0.15, -0.1) is 0 Å². The van der Waals surface area contributed by atoms with Crippen molar-refractivity contribution in [3.05, 3.63) is 35.4 Å². The molecule has 0 bridgehead atoms. The summed E-state index contributed by atoms with van der Waals surface area (Å²) in [6, 6.07) is 8.60. The second kappa shape index (κ2) is 6.18. The zero-order valence-electron chi connectivity index (χ0n) is 13.3. The Morgan fingerprint density at radius 1 is 1.38 bits per heavy atom. The Morgan fingerprint density at radius 3 is 3.05 bits per heavy atom. The molecule has 1 aromatic carbocycles. The highest BCUT2D eigenvalue weighted by atomic mass is 15.2. The average molecular weight is 285 g/mol. The summed E-state index contributed by atoms with van der Waals surface area (Å²) in [5.74, 6) is 1.98. The highest BCUT2D eigenvalue weighted by molar-refractivity contribution is 5.92. The number of amidine groups is 1. The summed E-state index contributed by atoms with van der Waals surface area (Å²) in [4.78, 5) is 4.83. The maximum Gasteiger partial charge on any atom is 0.117 e. The van der Waals surface area contributed by atoms with Crippen LogP contribution < -0.4 is 10.6 Å². The summed E-state index contributed by atoms with van der Waals surface area (Å²) in [5, 5.41) is 7.42. The topological polar surface area (TPSA) is 36.4 Å². The van der Waals surface area contributed by atoms with E-state index in [0.717, 1.165) is 25.6 Å². The minimum Gasteiger partial charge on any atom is -0.368 e. The van der Waals surface area contributed by atoms with E-state index in [2.05, 4.69) is 48.7 Å². The molecule has 0 aromatic heterocycles. The zero-order valence-corrected chi connectivity index (χ0v) is 13.3. The average Bonchev–Trinajstić information content (AvgIpc) is 2.48. The van der Waals surface area contributed by atoms with Gasteiger partial charge in [-0.2, -0.15) is 0 Å². The van der Waals surface area contributed by atoms with Crippen LogP contribution in [0.5, 0.6) is 0 Å². The van der Waals surface area contributed by atoms with Crippen molar-refractivity contribution in [2.75, 3.05) is 13.1 Å². The number of hydrogen-bond donors (Lipinski definition) is 2. The normalized spacial score (nSPS) is 29.2. The van der Waals surface area contributed by atoms with Gasteiger partial charge in [-0.3, -0.25) is 4.99 Å². The van der Waals surface area contributed by atoms with Gasteiger partial charge in [0.25, 0.3) is 0 Å². The van der Waals surface area contributed by atoms with E-state index in [1.54, 1.807) is 0 Å². The van der Waals surface area contributed by atoms with Gasteiger partial charge in [0.2, 0.25) is 0 Å². The Kier molecular flexibility index (Phi) is 4.29. The molecule has 2 atom stereocenters. The maximum atomic E-state index is 4.83. The van der Waals surface area contributed by atoms with Crippen molar-refractivity contribution in [1.82, 2.24) is 10.6 Å². The number of aryl methyl sites for hydroxylation is 1. The highest BCUT2D eigenvalue weighted by Gasteiger charge is 2.40. The van der Waals surface area contributed by atoms with Crippen molar-refractivity contribution in [2.45, 2.75) is 51.6 Å². The van der Waals surface area contributed by atoms with Gasteiger partial charge in [0.15, 0.2) is 0 Å². The highest BCUT2D eigenvalue weighted by Crippen LogP contribution is 2.34. The monoisotopic (exact) mass is 285 g/mol. The Morgan fingerprint density at radius 2 is 2.24 bits per heavy atom. The van der Waals surface area contributed by atoms with Gasteiger partial charge in [-0.1, -0.05) is 44.0 Å². The molecule has 1 aliphatic heterocycles. The van der Waals surface area contributed by atoms with Gasteiger partial charge in [0, 0.05) is 13.1 Å². The number of nitrogens with zero attached hydrogens (tertiary/aromatic N) is 1. The zero-order chi connectivity index (χ0) is 14.7. The molecule has 1 aromatic rings. The van der Waals surface area contributed by atoms with Gasteiger partial charge in [-0.05, 0) is 36.8 Å². The molecule has 0 radical (unpaired) electrons. The lowest BCUT2D eigenvalue weighted by atomic mass is 9.75. The molecule has 3 nitrogen and oxygen atoms in total. The maximum absolute atomic E-state index is 4.83. The predicted molar refractivity (Wildman–Crippen MR) is 88.7 cm³/mol. The first-order chi connectivity index (χ1) is 10.2. The standard InChI is InChI=1S/C18H27N3/c1-14-6-5-9-18(12-14)17(19-10-11-21-18)20-13-16-8-4-3-7-15(16)2/h3-4,7-8,14,21H,5-6,9-13H2,1-2H3,(H,19,20)/t14-,18-/m1/s1. The van der Waals surface area contributed by atoms with Crippen molar-refractivity contribution in [3.8, 4) is 0 Å². The van der Waals surface area contributed by atoms with Crippen molar-refractivity contribution in [3.63, 3.8) is 0 Å². The van der Waals surface area contributed by atoms with Crippen LogP contribution in [0, 0.1) is 12.8 Å². The summed E-state index contributed by atoms with van der Waals surface area (Å²) in [6.45, 7) is 7.34. The molecule has 1 heterocycles.